The number of rotatable bonds is 4. The van der Waals surface area contributed by atoms with Crippen molar-refractivity contribution in [2.75, 3.05) is 6.26 Å². The van der Waals surface area contributed by atoms with E-state index in [4.69, 9.17) is 0 Å². The van der Waals surface area contributed by atoms with Crippen LogP contribution in [0.15, 0.2) is 58.7 Å². The monoisotopic (exact) mass is 456 g/mol. The first-order valence-corrected chi connectivity index (χ1v) is 7.97. The van der Waals surface area contributed by atoms with Crippen molar-refractivity contribution in [1.82, 2.24) is 5.43 Å². The Kier molecular flexibility index (Phi) is 8.87. The third-order valence-electron chi connectivity index (χ3n) is 2.75. The third kappa shape index (κ3) is 7.01. The van der Waals surface area contributed by atoms with E-state index in [1.165, 1.54) is 11.8 Å². The molecule has 2 rings (SSSR count). The fourth-order valence-electron chi connectivity index (χ4n) is 1.58. The summed E-state index contributed by atoms with van der Waals surface area (Å²) < 4.78 is 0. The van der Waals surface area contributed by atoms with Gasteiger partial charge in [0, 0.05) is 5.56 Å². The summed E-state index contributed by atoms with van der Waals surface area (Å²) >= 11 is 1.41. The van der Waals surface area contributed by atoms with Crippen LogP contribution in [0.3, 0.4) is 0 Å². The highest BCUT2D eigenvalue weighted by atomic mass is 127. The van der Waals surface area contributed by atoms with Gasteiger partial charge in [-0.15, -0.1) is 15.6 Å². The molecule has 0 aliphatic carbocycles. The number of hydrazone groups is 1. The molecule has 0 fully saturated rings. The van der Waals surface area contributed by atoms with Gasteiger partial charge in [-0.1, -0.05) is 11.8 Å². The third-order valence-corrected chi connectivity index (χ3v) is 3.32. The number of phenols is 2. The first-order valence-electron chi connectivity index (χ1n) is 6.75. The van der Waals surface area contributed by atoms with Crippen molar-refractivity contribution >= 4 is 29.4 Å². The molecule has 2 aromatic rings. The van der Waals surface area contributed by atoms with Crippen molar-refractivity contribution in [3.63, 3.8) is 0 Å². The van der Waals surface area contributed by atoms with Crippen LogP contribution < -0.4 is 34.5 Å². The normalized spacial score (nSPS) is 11.6. The van der Waals surface area contributed by atoms with E-state index in [0.717, 1.165) is 11.1 Å². The van der Waals surface area contributed by atoms with Gasteiger partial charge in [0.15, 0.2) is 6.21 Å². The first-order chi connectivity index (χ1) is 11.2. The van der Waals surface area contributed by atoms with E-state index in [-0.39, 0.29) is 35.5 Å². The Labute approximate surface area is 161 Å². The van der Waals surface area contributed by atoms with E-state index in [0.29, 0.717) is 5.17 Å². The molecular formula is C16H17IN4O2S. The molecule has 0 saturated carbocycles. The van der Waals surface area contributed by atoms with E-state index in [1.807, 2.05) is 6.26 Å². The minimum absolute atomic E-state index is 0. The van der Waals surface area contributed by atoms with Crippen LogP contribution in [0.4, 0.5) is 0 Å². The molecule has 0 unspecified atom stereocenters. The molecule has 0 bridgehead atoms. The van der Waals surface area contributed by atoms with E-state index in [1.54, 1.807) is 61.0 Å². The van der Waals surface area contributed by atoms with E-state index >= 15 is 0 Å². The minimum Gasteiger partial charge on any atom is -1.00 e. The zero-order valence-corrected chi connectivity index (χ0v) is 15.8. The number of aromatic hydroxyl groups is 2. The Morgan fingerprint density at radius 3 is 2.08 bits per heavy atom. The highest BCUT2D eigenvalue weighted by molar-refractivity contribution is 8.13. The van der Waals surface area contributed by atoms with E-state index in [9.17, 15) is 10.2 Å². The zero-order valence-electron chi connectivity index (χ0n) is 12.8. The average Bonchev–Trinajstić information content (AvgIpc) is 2.57. The molecule has 0 radical (unpaired) electrons. The quantitative estimate of drug-likeness (QED) is 0.183. The van der Waals surface area contributed by atoms with Gasteiger partial charge in [-0.2, -0.15) is 5.10 Å². The van der Waals surface area contributed by atoms with Crippen molar-refractivity contribution in [3.8, 4) is 11.5 Å². The van der Waals surface area contributed by atoms with Gasteiger partial charge >= 0.3 is 0 Å². The smallest absolute Gasteiger partial charge is 0.239 e. The Balaban J connectivity index is 0.00000288. The minimum atomic E-state index is 0. The molecule has 0 heterocycles. The van der Waals surface area contributed by atoms with Gasteiger partial charge in [0.1, 0.15) is 11.5 Å². The molecule has 0 atom stereocenters. The van der Waals surface area contributed by atoms with Crippen LogP contribution in [0.1, 0.15) is 11.1 Å². The van der Waals surface area contributed by atoms with E-state index < -0.39 is 0 Å². The summed E-state index contributed by atoms with van der Waals surface area (Å²) in [5.74, 6) is 0.441. The van der Waals surface area contributed by atoms with Crippen LogP contribution in [-0.4, -0.2) is 34.1 Å². The second kappa shape index (κ2) is 10.7. The Morgan fingerprint density at radius 1 is 1.00 bits per heavy atom. The molecule has 4 N–H and O–H groups in total. The first kappa shape index (κ1) is 20.0. The number of hydrazine groups is 1. The second-order valence-electron chi connectivity index (χ2n) is 4.45. The topological polar surface area (TPSA) is 91.2 Å². The van der Waals surface area contributed by atoms with Crippen molar-refractivity contribution in [2.45, 2.75) is 0 Å². The van der Waals surface area contributed by atoms with Gasteiger partial charge in [-0.25, -0.2) is 0 Å². The van der Waals surface area contributed by atoms with Gasteiger partial charge in [0.2, 0.25) is 5.17 Å². The molecule has 6 nitrogen and oxygen atoms in total. The summed E-state index contributed by atoms with van der Waals surface area (Å²) in [5, 5.41) is 30.0. The molecule has 24 heavy (non-hydrogen) atoms. The zero-order chi connectivity index (χ0) is 16.5. The maximum atomic E-state index is 9.21. The van der Waals surface area contributed by atoms with Crippen LogP contribution in [0.25, 0.3) is 0 Å². The lowest BCUT2D eigenvalue weighted by Crippen LogP contribution is -3.00. The Hall–Kier alpha value is -2.07. The van der Waals surface area contributed by atoms with E-state index in [2.05, 4.69) is 20.7 Å². The largest absolute Gasteiger partial charge is 1.00 e. The number of thioether (sulfide) groups is 1. The van der Waals surface area contributed by atoms with Crippen molar-refractivity contribution in [2.24, 2.45) is 10.2 Å². The average molecular weight is 456 g/mol. The number of benzene rings is 2. The van der Waals surface area contributed by atoms with Gasteiger partial charge < -0.3 is 34.2 Å². The molecule has 2 aromatic carbocycles. The van der Waals surface area contributed by atoms with Crippen LogP contribution in [-0.2, 0) is 0 Å². The maximum absolute atomic E-state index is 9.21. The lowest BCUT2D eigenvalue weighted by molar-refractivity contribution is -0.499. The van der Waals surface area contributed by atoms with Crippen LogP contribution in [0.2, 0.25) is 0 Å². The highest BCUT2D eigenvalue weighted by Crippen LogP contribution is 2.08. The summed E-state index contributed by atoms with van der Waals surface area (Å²) in [6, 6.07) is 13.5. The molecular weight excluding hydrogens is 439 g/mol. The van der Waals surface area contributed by atoms with Crippen LogP contribution in [0, 0.1) is 0 Å². The lowest BCUT2D eigenvalue weighted by Gasteiger charge is -1.95. The summed E-state index contributed by atoms with van der Waals surface area (Å²) in [6.45, 7) is 0. The number of phenolic OH excluding ortho intramolecular Hbond substituents is 2. The Bertz CT molecular complexity index is 716. The molecule has 0 aliphatic heterocycles. The summed E-state index contributed by atoms with van der Waals surface area (Å²) in [7, 11) is 0. The summed E-state index contributed by atoms with van der Waals surface area (Å²) in [4.78, 5) is 0. The molecule has 0 saturated heterocycles. The number of hydrogen-bond donors (Lipinski definition) is 4. The molecule has 0 spiro atoms. The predicted molar refractivity (Wildman–Crippen MR) is 94.0 cm³/mol. The van der Waals surface area contributed by atoms with Gasteiger partial charge in [-0.3, -0.25) is 0 Å². The highest BCUT2D eigenvalue weighted by Gasteiger charge is 1.97. The number of nitrogens with one attached hydrogen (secondary N) is 2. The summed E-state index contributed by atoms with van der Waals surface area (Å²) in [6.07, 6.45) is 5.22. The van der Waals surface area contributed by atoms with Gasteiger partial charge in [0.05, 0.1) is 6.21 Å². The fraction of sp³-hybridized carbons (Fsp3) is 0.0625. The molecule has 0 aliphatic rings. The fourth-order valence-corrected chi connectivity index (χ4v) is 1.87. The van der Waals surface area contributed by atoms with Crippen LogP contribution >= 0.6 is 11.8 Å². The maximum Gasteiger partial charge on any atom is 0.239 e. The number of hydrogen-bond acceptors (Lipinski definition) is 5. The molecule has 0 aromatic heterocycles. The predicted octanol–water partition coefficient (Wildman–Crippen LogP) is -2.14. The van der Waals surface area contributed by atoms with Crippen molar-refractivity contribution in [1.29, 1.82) is 0 Å². The van der Waals surface area contributed by atoms with Gasteiger partial charge in [-0.05, 0) is 60.4 Å². The van der Waals surface area contributed by atoms with Crippen molar-refractivity contribution in [3.05, 3.63) is 59.7 Å². The van der Waals surface area contributed by atoms with Crippen molar-refractivity contribution < 1.29 is 39.3 Å². The molecule has 126 valence electrons. The van der Waals surface area contributed by atoms with Gasteiger partial charge in [0.25, 0.3) is 0 Å². The lowest BCUT2D eigenvalue weighted by atomic mass is 10.2. The number of nitrogens with zero attached hydrogens (tertiary/aromatic N) is 2. The Morgan fingerprint density at radius 2 is 1.54 bits per heavy atom. The van der Waals surface area contributed by atoms with Crippen LogP contribution in [0.5, 0.6) is 11.5 Å². The number of halogens is 1. The molecule has 8 heteroatoms. The number of amidine groups is 1. The SMILES string of the molecule is CSC(=NN=Cc1ccc(O)cc1)N[NH+]=Cc1ccc(O)cc1.[I-]. The standard InChI is InChI=1S/C16H16N4O2S.HI/c1-23-16(19-17-10-12-2-6-14(21)7-3-12)20-18-11-13-4-8-15(22)9-5-13;/h2-11,21-22H,1H3,(H,19,20);1H. The molecule has 0 amide bonds. The summed E-state index contributed by atoms with van der Waals surface area (Å²) in [5.41, 5.74) is 4.67. The second-order valence-corrected chi connectivity index (χ2v) is 5.25.